The van der Waals surface area contributed by atoms with Gasteiger partial charge in [0.05, 0.1) is 20.4 Å². The first-order chi connectivity index (χ1) is 7.75. The smallest absolute Gasteiger partial charge is 0.131 e. The number of pyridine rings is 1. The lowest BCUT2D eigenvalue weighted by Crippen LogP contribution is -2.17. The van der Waals surface area contributed by atoms with Gasteiger partial charge >= 0.3 is 0 Å². The molecule has 2 aromatic heterocycles. The summed E-state index contributed by atoms with van der Waals surface area (Å²) < 4.78 is 2.27. The summed E-state index contributed by atoms with van der Waals surface area (Å²) in [6, 6.07) is 1.98. The molecule has 16 heavy (non-hydrogen) atoms. The SMILES string of the molecule is Clc1cc(N2CCCC2)c2scc(Br)c2n1. The number of hydrogen-bond acceptors (Lipinski definition) is 3. The van der Waals surface area contributed by atoms with E-state index in [1.165, 1.54) is 23.2 Å². The Balaban J connectivity index is 2.21. The Bertz CT molecular complexity index is 534. The van der Waals surface area contributed by atoms with E-state index in [1.54, 1.807) is 11.3 Å². The molecular weight excluding hydrogens is 308 g/mol. The van der Waals surface area contributed by atoms with Crippen LogP contribution in [0.25, 0.3) is 10.2 Å². The van der Waals surface area contributed by atoms with Gasteiger partial charge in [0, 0.05) is 24.5 Å². The van der Waals surface area contributed by atoms with Crippen molar-refractivity contribution in [3.05, 3.63) is 21.1 Å². The van der Waals surface area contributed by atoms with E-state index in [4.69, 9.17) is 11.6 Å². The van der Waals surface area contributed by atoms with Crippen molar-refractivity contribution in [2.75, 3.05) is 18.0 Å². The number of rotatable bonds is 1. The highest BCUT2D eigenvalue weighted by Crippen LogP contribution is 2.38. The van der Waals surface area contributed by atoms with Crippen LogP contribution in [0.4, 0.5) is 5.69 Å². The molecule has 1 fully saturated rings. The van der Waals surface area contributed by atoms with Gasteiger partial charge in [-0.25, -0.2) is 4.98 Å². The molecule has 0 radical (unpaired) electrons. The summed E-state index contributed by atoms with van der Waals surface area (Å²) >= 11 is 11.3. The number of hydrogen-bond donors (Lipinski definition) is 0. The van der Waals surface area contributed by atoms with Gasteiger partial charge in [-0.05, 0) is 28.8 Å². The Morgan fingerprint density at radius 1 is 1.38 bits per heavy atom. The highest BCUT2D eigenvalue weighted by molar-refractivity contribution is 9.10. The fourth-order valence-electron chi connectivity index (χ4n) is 2.13. The Labute approximate surface area is 111 Å². The van der Waals surface area contributed by atoms with E-state index in [0.29, 0.717) is 5.15 Å². The number of anilines is 1. The molecule has 5 heteroatoms. The van der Waals surface area contributed by atoms with E-state index in [9.17, 15) is 0 Å². The maximum atomic E-state index is 6.08. The molecule has 0 saturated carbocycles. The second-order valence-electron chi connectivity index (χ2n) is 3.92. The first-order valence-electron chi connectivity index (χ1n) is 5.24. The molecule has 0 N–H and O–H groups in total. The maximum absolute atomic E-state index is 6.08. The molecule has 0 bridgehead atoms. The van der Waals surface area contributed by atoms with Crippen LogP contribution in [0.5, 0.6) is 0 Å². The third-order valence-corrected chi connectivity index (χ3v) is 4.97. The van der Waals surface area contributed by atoms with Gasteiger partial charge in [-0.1, -0.05) is 11.6 Å². The first-order valence-corrected chi connectivity index (χ1v) is 7.29. The van der Waals surface area contributed by atoms with Crippen LogP contribution in [-0.4, -0.2) is 18.1 Å². The van der Waals surface area contributed by atoms with Gasteiger partial charge in [0.1, 0.15) is 5.15 Å². The zero-order chi connectivity index (χ0) is 11.1. The van der Waals surface area contributed by atoms with Crippen LogP contribution in [0.3, 0.4) is 0 Å². The quantitative estimate of drug-likeness (QED) is 0.729. The third-order valence-electron chi connectivity index (χ3n) is 2.88. The number of aromatic nitrogens is 1. The van der Waals surface area contributed by atoms with Gasteiger partial charge in [-0.15, -0.1) is 11.3 Å². The molecule has 0 spiro atoms. The normalized spacial score (nSPS) is 16.2. The number of thiophene rings is 1. The third kappa shape index (κ3) is 1.73. The Morgan fingerprint density at radius 3 is 2.88 bits per heavy atom. The molecule has 0 aliphatic carbocycles. The van der Waals surface area contributed by atoms with Gasteiger partial charge in [0.2, 0.25) is 0 Å². The minimum Gasteiger partial charge on any atom is -0.370 e. The molecular formula is C11H10BrClN2S. The van der Waals surface area contributed by atoms with E-state index in [1.807, 2.05) is 6.07 Å². The second-order valence-corrected chi connectivity index (χ2v) is 6.04. The molecule has 1 saturated heterocycles. The zero-order valence-electron chi connectivity index (χ0n) is 8.54. The summed E-state index contributed by atoms with van der Waals surface area (Å²) in [5.41, 5.74) is 2.22. The summed E-state index contributed by atoms with van der Waals surface area (Å²) in [7, 11) is 0. The van der Waals surface area contributed by atoms with Gasteiger partial charge in [-0.2, -0.15) is 0 Å². The summed E-state index contributed by atoms with van der Waals surface area (Å²) in [5, 5.41) is 2.65. The fourth-order valence-corrected chi connectivity index (χ4v) is 3.92. The van der Waals surface area contributed by atoms with Gasteiger partial charge in [0.25, 0.3) is 0 Å². The zero-order valence-corrected chi connectivity index (χ0v) is 11.7. The van der Waals surface area contributed by atoms with Crippen molar-refractivity contribution in [3.63, 3.8) is 0 Å². The molecule has 84 valence electrons. The molecule has 1 aliphatic heterocycles. The first kappa shape index (κ1) is 10.8. The van der Waals surface area contributed by atoms with Crippen LogP contribution in [0.1, 0.15) is 12.8 Å². The highest BCUT2D eigenvalue weighted by atomic mass is 79.9. The van der Waals surface area contributed by atoms with Crippen LogP contribution < -0.4 is 4.90 Å². The Kier molecular flexibility index (Phi) is 2.81. The van der Waals surface area contributed by atoms with E-state index in [-0.39, 0.29) is 0 Å². The van der Waals surface area contributed by atoms with E-state index in [2.05, 4.69) is 31.2 Å². The fraction of sp³-hybridized carbons (Fsp3) is 0.364. The highest BCUT2D eigenvalue weighted by Gasteiger charge is 2.18. The van der Waals surface area contributed by atoms with Gasteiger partial charge < -0.3 is 4.90 Å². The lowest BCUT2D eigenvalue weighted by Gasteiger charge is -2.18. The standard InChI is InChI=1S/C11H10BrClN2S/c12-7-6-16-11-8(15-3-1-2-4-15)5-9(13)14-10(7)11/h5-6H,1-4H2. The Hall–Kier alpha value is -0.320. The predicted molar refractivity (Wildman–Crippen MR) is 73.8 cm³/mol. The van der Waals surface area contributed by atoms with Crippen LogP contribution >= 0.6 is 38.9 Å². The molecule has 3 heterocycles. The second kappa shape index (κ2) is 4.17. The van der Waals surface area contributed by atoms with Crippen molar-refractivity contribution in [1.82, 2.24) is 4.98 Å². The van der Waals surface area contributed by atoms with Crippen molar-refractivity contribution < 1.29 is 0 Å². The summed E-state index contributed by atoms with van der Waals surface area (Å²) in [6.07, 6.45) is 2.54. The van der Waals surface area contributed by atoms with Crippen LogP contribution in [0.2, 0.25) is 5.15 Å². The molecule has 3 rings (SSSR count). The Morgan fingerprint density at radius 2 is 2.12 bits per heavy atom. The van der Waals surface area contributed by atoms with Crippen molar-refractivity contribution in [2.45, 2.75) is 12.8 Å². The monoisotopic (exact) mass is 316 g/mol. The lowest BCUT2D eigenvalue weighted by molar-refractivity contribution is 0.949. The number of nitrogens with zero attached hydrogens (tertiary/aromatic N) is 2. The van der Waals surface area contributed by atoms with E-state index >= 15 is 0 Å². The van der Waals surface area contributed by atoms with Crippen LogP contribution in [-0.2, 0) is 0 Å². The van der Waals surface area contributed by atoms with E-state index in [0.717, 1.165) is 23.1 Å². The van der Waals surface area contributed by atoms with Crippen LogP contribution in [0, 0.1) is 0 Å². The van der Waals surface area contributed by atoms with Crippen molar-refractivity contribution in [1.29, 1.82) is 0 Å². The molecule has 2 aromatic rings. The molecule has 0 amide bonds. The topological polar surface area (TPSA) is 16.1 Å². The average Bonchev–Trinajstić information content (AvgIpc) is 2.88. The van der Waals surface area contributed by atoms with Crippen molar-refractivity contribution in [3.8, 4) is 0 Å². The summed E-state index contributed by atoms with van der Waals surface area (Å²) in [4.78, 5) is 6.77. The average molecular weight is 318 g/mol. The molecule has 0 atom stereocenters. The van der Waals surface area contributed by atoms with Gasteiger partial charge in [-0.3, -0.25) is 0 Å². The minimum absolute atomic E-state index is 0.577. The van der Waals surface area contributed by atoms with Gasteiger partial charge in [0.15, 0.2) is 0 Å². The van der Waals surface area contributed by atoms with Crippen molar-refractivity contribution in [2.24, 2.45) is 0 Å². The molecule has 0 aromatic carbocycles. The number of fused-ring (bicyclic) bond motifs is 1. The molecule has 2 nitrogen and oxygen atoms in total. The van der Waals surface area contributed by atoms with E-state index < -0.39 is 0 Å². The molecule has 1 aliphatic rings. The molecule has 0 unspecified atom stereocenters. The summed E-state index contributed by atoms with van der Waals surface area (Å²) in [5.74, 6) is 0. The predicted octanol–water partition coefficient (Wildman–Crippen LogP) is 4.31. The summed E-state index contributed by atoms with van der Waals surface area (Å²) in [6.45, 7) is 2.26. The minimum atomic E-state index is 0.577. The lowest BCUT2D eigenvalue weighted by atomic mass is 10.3. The number of halogens is 2. The largest absolute Gasteiger partial charge is 0.370 e. The maximum Gasteiger partial charge on any atom is 0.131 e. The van der Waals surface area contributed by atoms with Crippen LogP contribution in [0.15, 0.2) is 15.9 Å². The van der Waals surface area contributed by atoms with Crippen molar-refractivity contribution >= 4 is 54.8 Å².